The van der Waals surface area contributed by atoms with E-state index in [4.69, 9.17) is 4.74 Å². The molecular formula is C19H24N4O3. The van der Waals surface area contributed by atoms with E-state index in [0.717, 1.165) is 12.0 Å². The van der Waals surface area contributed by atoms with Crippen LogP contribution in [0.4, 0.5) is 0 Å². The minimum Gasteiger partial charge on any atom is -0.494 e. The van der Waals surface area contributed by atoms with Gasteiger partial charge in [-0.05, 0) is 38.0 Å². The molecule has 1 atom stereocenters. The first-order chi connectivity index (χ1) is 12.6. The number of rotatable bonds is 6. The number of carbonyl (C=O) groups is 2. The SMILES string of the molecule is CCOc1cccc(C(=O)N2CCCC2C(=O)NCc2cnn(C)c2)c1. The average Bonchev–Trinajstić information content (AvgIpc) is 3.28. The highest BCUT2D eigenvalue weighted by atomic mass is 16.5. The monoisotopic (exact) mass is 356 g/mol. The Hall–Kier alpha value is -2.83. The second-order valence-corrected chi connectivity index (χ2v) is 6.36. The van der Waals surface area contributed by atoms with Gasteiger partial charge in [-0.15, -0.1) is 0 Å². The van der Waals surface area contributed by atoms with Gasteiger partial charge in [0.15, 0.2) is 0 Å². The van der Waals surface area contributed by atoms with E-state index in [1.165, 1.54) is 0 Å². The number of hydrogen-bond acceptors (Lipinski definition) is 4. The van der Waals surface area contributed by atoms with Crippen LogP contribution in [-0.4, -0.2) is 45.7 Å². The molecule has 1 saturated heterocycles. The van der Waals surface area contributed by atoms with Gasteiger partial charge in [-0.25, -0.2) is 0 Å². The lowest BCUT2D eigenvalue weighted by Gasteiger charge is -2.24. The maximum absolute atomic E-state index is 12.9. The Labute approximate surface area is 152 Å². The van der Waals surface area contributed by atoms with Crippen molar-refractivity contribution in [2.75, 3.05) is 13.2 Å². The topological polar surface area (TPSA) is 76.5 Å². The molecule has 7 heteroatoms. The number of nitrogens with one attached hydrogen (secondary N) is 1. The predicted octanol–water partition coefficient (Wildman–Crippen LogP) is 1.74. The number of likely N-dealkylation sites (tertiary alicyclic amines) is 1. The highest BCUT2D eigenvalue weighted by Gasteiger charge is 2.34. The van der Waals surface area contributed by atoms with Gasteiger partial charge in [0.2, 0.25) is 5.91 Å². The van der Waals surface area contributed by atoms with Crippen molar-refractivity contribution in [1.29, 1.82) is 0 Å². The maximum Gasteiger partial charge on any atom is 0.254 e. The van der Waals surface area contributed by atoms with Crippen molar-refractivity contribution in [3.05, 3.63) is 47.8 Å². The minimum absolute atomic E-state index is 0.124. The van der Waals surface area contributed by atoms with E-state index in [1.54, 1.807) is 34.0 Å². The summed E-state index contributed by atoms with van der Waals surface area (Å²) in [6.07, 6.45) is 5.08. The normalized spacial score (nSPS) is 16.5. The quantitative estimate of drug-likeness (QED) is 0.855. The predicted molar refractivity (Wildman–Crippen MR) is 96.7 cm³/mol. The number of aryl methyl sites for hydroxylation is 1. The van der Waals surface area contributed by atoms with Crippen molar-refractivity contribution in [3.8, 4) is 5.75 Å². The van der Waals surface area contributed by atoms with Crippen LogP contribution in [0.2, 0.25) is 0 Å². The molecule has 138 valence electrons. The van der Waals surface area contributed by atoms with Gasteiger partial charge in [0.05, 0.1) is 12.8 Å². The molecule has 1 fully saturated rings. The van der Waals surface area contributed by atoms with E-state index in [9.17, 15) is 9.59 Å². The highest BCUT2D eigenvalue weighted by Crippen LogP contribution is 2.22. The Morgan fingerprint density at radius 3 is 2.96 bits per heavy atom. The molecule has 1 N–H and O–H groups in total. The van der Waals surface area contributed by atoms with Crippen LogP contribution in [0.3, 0.4) is 0 Å². The molecule has 0 saturated carbocycles. The third-order valence-corrected chi connectivity index (χ3v) is 4.43. The average molecular weight is 356 g/mol. The molecule has 1 aliphatic heterocycles. The Morgan fingerprint density at radius 1 is 1.38 bits per heavy atom. The molecule has 1 unspecified atom stereocenters. The van der Waals surface area contributed by atoms with Crippen molar-refractivity contribution in [1.82, 2.24) is 20.0 Å². The van der Waals surface area contributed by atoms with E-state index < -0.39 is 6.04 Å². The molecule has 2 amide bonds. The first-order valence-electron chi connectivity index (χ1n) is 8.87. The number of aromatic nitrogens is 2. The third-order valence-electron chi connectivity index (χ3n) is 4.43. The Morgan fingerprint density at radius 2 is 2.23 bits per heavy atom. The van der Waals surface area contributed by atoms with Crippen LogP contribution >= 0.6 is 0 Å². The summed E-state index contributed by atoms with van der Waals surface area (Å²) in [5.74, 6) is 0.404. The lowest BCUT2D eigenvalue weighted by Crippen LogP contribution is -2.45. The Bertz CT molecular complexity index is 787. The van der Waals surface area contributed by atoms with Crippen molar-refractivity contribution in [2.45, 2.75) is 32.4 Å². The summed E-state index contributed by atoms with van der Waals surface area (Å²) in [6.45, 7) is 3.44. The Balaban J connectivity index is 1.65. The van der Waals surface area contributed by atoms with E-state index >= 15 is 0 Å². The molecule has 1 aromatic heterocycles. The van der Waals surface area contributed by atoms with E-state index in [2.05, 4.69) is 10.4 Å². The fourth-order valence-electron chi connectivity index (χ4n) is 3.20. The second kappa shape index (κ2) is 8.03. The van der Waals surface area contributed by atoms with Gasteiger partial charge >= 0.3 is 0 Å². The van der Waals surface area contributed by atoms with Gasteiger partial charge < -0.3 is 15.0 Å². The van der Waals surface area contributed by atoms with Gasteiger partial charge in [-0.1, -0.05) is 6.07 Å². The van der Waals surface area contributed by atoms with Gasteiger partial charge in [-0.3, -0.25) is 14.3 Å². The summed E-state index contributed by atoms with van der Waals surface area (Å²) in [4.78, 5) is 27.1. The molecule has 7 nitrogen and oxygen atoms in total. The maximum atomic E-state index is 12.9. The molecule has 0 bridgehead atoms. The minimum atomic E-state index is -0.435. The second-order valence-electron chi connectivity index (χ2n) is 6.36. The van der Waals surface area contributed by atoms with Crippen LogP contribution < -0.4 is 10.1 Å². The summed E-state index contributed by atoms with van der Waals surface area (Å²) in [5.41, 5.74) is 1.48. The van der Waals surface area contributed by atoms with Crippen molar-refractivity contribution in [3.63, 3.8) is 0 Å². The van der Waals surface area contributed by atoms with E-state index in [0.29, 0.717) is 37.4 Å². The molecule has 1 aromatic carbocycles. The van der Waals surface area contributed by atoms with Crippen LogP contribution in [0.25, 0.3) is 0 Å². The molecule has 2 heterocycles. The number of amides is 2. The molecule has 0 spiro atoms. The molecular weight excluding hydrogens is 332 g/mol. The van der Waals surface area contributed by atoms with Crippen molar-refractivity contribution < 1.29 is 14.3 Å². The number of carbonyl (C=O) groups excluding carboxylic acids is 2. The molecule has 0 radical (unpaired) electrons. The van der Waals surface area contributed by atoms with Gasteiger partial charge in [0.25, 0.3) is 5.91 Å². The summed E-state index contributed by atoms with van der Waals surface area (Å²) in [5, 5.41) is 7.00. The molecule has 3 rings (SSSR count). The number of hydrogen-bond donors (Lipinski definition) is 1. The van der Waals surface area contributed by atoms with Crippen LogP contribution in [0.1, 0.15) is 35.7 Å². The first-order valence-corrected chi connectivity index (χ1v) is 8.87. The van der Waals surface area contributed by atoms with Crippen LogP contribution in [0, 0.1) is 0 Å². The van der Waals surface area contributed by atoms with Gasteiger partial charge in [0, 0.05) is 37.5 Å². The molecule has 2 aromatic rings. The van der Waals surface area contributed by atoms with Crippen molar-refractivity contribution in [2.24, 2.45) is 7.05 Å². The van der Waals surface area contributed by atoms with Gasteiger partial charge in [0.1, 0.15) is 11.8 Å². The number of ether oxygens (including phenoxy) is 1. The fraction of sp³-hybridized carbons (Fsp3) is 0.421. The zero-order chi connectivity index (χ0) is 18.5. The summed E-state index contributed by atoms with van der Waals surface area (Å²) < 4.78 is 7.16. The number of benzene rings is 1. The van der Waals surface area contributed by atoms with Crippen molar-refractivity contribution >= 4 is 11.8 Å². The summed E-state index contributed by atoms with van der Waals surface area (Å²) in [7, 11) is 1.83. The summed E-state index contributed by atoms with van der Waals surface area (Å²) in [6, 6.07) is 6.67. The van der Waals surface area contributed by atoms with E-state index in [-0.39, 0.29) is 11.8 Å². The van der Waals surface area contributed by atoms with Gasteiger partial charge in [-0.2, -0.15) is 5.10 Å². The lowest BCUT2D eigenvalue weighted by atomic mass is 10.1. The first kappa shape index (κ1) is 18.0. The van der Waals surface area contributed by atoms with E-state index in [1.807, 2.05) is 26.2 Å². The highest BCUT2D eigenvalue weighted by molar-refractivity contribution is 5.98. The van der Waals surface area contributed by atoms with Crippen LogP contribution in [-0.2, 0) is 18.4 Å². The lowest BCUT2D eigenvalue weighted by molar-refractivity contribution is -0.125. The van der Waals surface area contributed by atoms with Crippen LogP contribution in [0.15, 0.2) is 36.7 Å². The molecule has 1 aliphatic rings. The van der Waals surface area contributed by atoms with Crippen LogP contribution in [0.5, 0.6) is 5.75 Å². The largest absolute Gasteiger partial charge is 0.494 e. The zero-order valence-corrected chi connectivity index (χ0v) is 15.1. The third kappa shape index (κ3) is 4.04. The molecule has 0 aliphatic carbocycles. The zero-order valence-electron chi connectivity index (χ0n) is 15.1. The summed E-state index contributed by atoms with van der Waals surface area (Å²) >= 11 is 0. The fourth-order valence-corrected chi connectivity index (χ4v) is 3.20. The number of nitrogens with zero attached hydrogens (tertiary/aromatic N) is 3. The standard InChI is InChI=1S/C19H24N4O3/c1-3-26-16-7-4-6-15(10-16)19(25)23-9-5-8-17(23)18(24)20-11-14-12-21-22(2)13-14/h4,6-7,10,12-13,17H,3,5,8-9,11H2,1-2H3,(H,20,24). The molecule has 26 heavy (non-hydrogen) atoms. The Kier molecular flexibility index (Phi) is 5.55. The smallest absolute Gasteiger partial charge is 0.254 e.